The van der Waals surface area contributed by atoms with Crippen molar-refractivity contribution in [2.24, 2.45) is 0 Å². The summed E-state index contributed by atoms with van der Waals surface area (Å²) in [5.41, 5.74) is 4.38. The number of nitrogens with one attached hydrogen (secondary N) is 2. The van der Waals surface area contributed by atoms with Crippen LogP contribution in [0.4, 0.5) is 16.2 Å². The molecule has 2 aromatic carbocycles. The average molecular weight is 428 g/mol. The number of hydrogen-bond donors (Lipinski definition) is 2. The van der Waals surface area contributed by atoms with Crippen molar-refractivity contribution in [1.29, 1.82) is 0 Å². The van der Waals surface area contributed by atoms with Gasteiger partial charge in [-0.2, -0.15) is 0 Å². The average Bonchev–Trinajstić information content (AvgIpc) is 2.80. The lowest BCUT2D eigenvalue weighted by atomic mass is 10.2. The Balaban J connectivity index is 1.38. The first-order valence-corrected chi connectivity index (χ1v) is 10.1. The van der Waals surface area contributed by atoms with Crippen LogP contribution in [0.5, 0.6) is 11.6 Å². The van der Waals surface area contributed by atoms with Crippen LogP contribution < -0.4 is 20.3 Å². The van der Waals surface area contributed by atoms with E-state index in [-0.39, 0.29) is 6.03 Å². The normalized spacial score (nSPS) is 10.6. The summed E-state index contributed by atoms with van der Waals surface area (Å²) in [6.45, 7) is 2.32. The number of carbonyl (C=O) groups excluding carboxylic acids is 1. The number of nitrogens with zero attached hydrogens (tertiary/aromatic N) is 4. The van der Waals surface area contributed by atoms with Gasteiger partial charge in [0.2, 0.25) is 5.88 Å². The van der Waals surface area contributed by atoms with Crippen LogP contribution >= 0.6 is 0 Å². The first-order chi connectivity index (χ1) is 15.5. The lowest BCUT2D eigenvalue weighted by Crippen LogP contribution is -2.28. The van der Waals surface area contributed by atoms with Crippen LogP contribution in [0.15, 0.2) is 67.1 Å². The fourth-order valence-electron chi connectivity index (χ4n) is 3.06. The van der Waals surface area contributed by atoms with Crippen molar-refractivity contribution >= 4 is 28.3 Å². The zero-order valence-electron chi connectivity index (χ0n) is 18.2. The van der Waals surface area contributed by atoms with Gasteiger partial charge < -0.3 is 20.3 Å². The van der Waals surface area contributed by atoms with Crippen molar-refractivity contribution in [2.75, 3.05) is 24.3 Å². The molecule has 162 valence electrons. The molecule has 8 nitrogen and oxygen atoms in total. The van der Waals surface area contributed by atoms with Crippen molar-refractivity contribution in [3.8, 4) is 11.6 Å². The number of aromatic nitrogens is 3. The van der Waals surface area contributed by atoms with Gasteiger partial charge in [0.25, 0.3) is 0 Å². The Morgan fingerprint density at radius 2 is 1.81 bits per heavy atom. The van der Waals surface area contributed by atoms with Crippen LogP contribution in [-0.2, 0) is 6.54 Å². The Bertz CT molecular complexity index is 1220. The van der Waals surface area contributed by atoms with Gasteiger partial charge in [-0.05, 0) is 61.0 Å². The number of amides is 2. The van der Waals surface area contributed by atoms with E-state index in [1.165, 1.54) is 6.33 Å². The molecule has 2 aromatic heterocycles. The van der Waals surface area contributed by atoms with Crippen LogP contribution in [0.3, 0.4) is 0 Å². The summed E-state index contributed by atoms with van der Waals surface area (Å²) in [6.07, 6.45) is 3.24. The number of carbonyl (C=O) groups is 1. The summed E-state index contributed by atoms with van der Waals surface area (Å²) >= 11 is 0. The third-order valence-electron chi connectivity index (χ3n) is 4.85. The summed E-state index contributed by atoms with van der Waals surface area (Å²) in [7, 11) is 3.96. The second-order valence-electron chi connectivity index (χ2n) is 7.52. The van der Waals surface area contributed by atoms with Crippen LogP contribution in [0, 0.1) is 6.92 Å². The quantitative estimate of drug-likeness (QED) is 0.469. The van der Waals surface area contributed by atoms with Crippen LogP contribution in [-0.4, -0.2) is 35.1 Å². The van der Waals surface area contributed by atoms with E-state index >= 15 is 0 Å². The molecular formula is C24H24N6O2. The molecule has 0 spiro atoms. The van der Waals surface area contributed by atoms with Gasteiger partial charge in [-0.1, -0.05) is 6.07 Å². The summed E-state index contributed by atoms with van der Waals surface area (Å²) in [6, 6.07) is 16.6. The highest BCUT2D eigenvalue weighted by Crippen LogP contribution is 2.29. The molecule has 0 aliphatic carbocycles. The third-order valence-corrected chi connectivity index (χ3v) is 4.85. The monoisotopic (exact) mass is 428 g/mol. The summed E-state index contributed by atoms with van der Waals surface area (Å²) in [5.74, 6) is 1.09. The van der Waals surface area contributed by atoms with Crippen LogP contribution in [0.1, 0.15) is 11.3 Å². The number of ether oxygens (including phenoxy) is 1. The Labute approximate surface area is 186 Å². The highest BCUT2D eigenvalue weighted by molar-refractivity contribution is 5.89. The molecule has 0 saturated carbocycles. The molecule has 0 unspecified atom stereocenters. The molecule has 2 amide bonds. The molecule has 0 aliphatic heterocycles. The van der Waals surface area contributed by atoms with E-state index in [4.69, 9.17) is 4.74 Å². The van der Waals surface area contributed by atoms with Gasteiger partial charge in [-0.3, -0.25) is 4.98 Å². The minimum atomic E-state index is -0.294. The number of aryl methyl sites for hydroxylation is 1. The second kappa shape index (κ2) is 9.30. The molecule has 32 heavy (non-hydrogen) atoms. The minimum Gasteiger partial charge on any atom is -0.438 e. The number of anilines is 2. The lowest BCUT2D eigenvalue weighted by molar-refractivity contribution is 0.251. The molecule has 2 N–H and O–H groups in total. The molecule has 0 atom stereocenters. The van der Waals surface area contributed by atoms with Crippen LogP contribution in [0.25, 0.3) is 10.9 Å². The second-order valence-corrected chi connectivity index (χ2v) is 7.52. The van der Waals surface area contributed by atoms with Gasteiger partial charge in [-0.25, -0.2) is 14.8 Å². The largest absolute Gasteiger partial charge is 0.438 e. The maximum absolute atomic E-state index is 12.2. The molecular weight excluding hydrogens is 404 g/mol. The van der Waals surface area contributed by atoms with E-state index in [0.29, 0.717) is 23.9 Å². The van der Waals surface area contributed by atoms with Gasteiger partial charge in [0.1, 0.15) is 12.1 Å². The molecule has 0 radical (unpaired) electrons. The van der Waals surface area contributed by atoms with Gasteiger partial charge in [-0.15, -0.1) is 0 Å². The fraction of sp³-hybridized carbons (Fsp3) is 0.167. The standard InChI is InChI=1S/C24H24N6O2/c1-16-4-5-17(13-25-16)14-26-24(31)29-18-6-9-20(10-7-18)32-23-21-11-8-19(30(2)3)12-22(21)27-15-28-23/h4-13,15H,14H2,1-3H3,(H2,26,29,31). The van der Waals surface area contributed by atoms with Crippen molar-refractivity contribution in [3.05, 3.63) is 78.4 Å². The smallest absolute Gasteiger partial charge is 0.319 e. The Hall–Kier alpha value is -4.20. The van der Waals surface area contributed by atoms with Gasteiger partial charge in [0.05, 0.1) is 10.9 Å². The van der Waals surface area contributed by atoms with E-state index in [0.717, 1.165) is 27.8 Å². The van der Waals surface area contributed by atoms with E-state index < -0.39 is 0 Å². The van der Waals surface area contributed by atoms with E-state index in [1.54, 1.807) is 30.5 Å². The van der Waals surface area contributed by atoms with Crippen molar-refractivity contribution in [3.63, 3.8) is 0 Å². The molecule has 0 bridgehead atoms. The lowest BCUT2D eigenvalue weighted by Gasteiger charge is -2.13. The number of rotatable bonds is 6. The first kappa shape index (κ1) is 21.0. The topological polar surface area (TPSA) is 92.3 Å². The Morgan fingerprint density at radius 1 is 1.00 bits per heavy atom. The number of fused-ring (bicyclic) bond motifs is 1. The predicted octanol–water partition coefficient (Wildman–Crippen LogP) is 4.51. The molecule has 0 aliphatic rings. The van der Waals surface area contributed by atoms with E-state index in [1.807, 2.05) is 56.3 Å². The Kier molecular flexibility index (Phi) is 6.12. The number of benzene rings is 2. The third kappa shape index (κ3) is 5.10. The van der Waals surface area contributed by atoms with Crippen molar-refractivity contribution in [2.45, 2.75) is 13.5 Å². The van der Waals surface area contributed by atoms with E-state index in [9.17, 15) is 4.79 Å². The molecule has 4 aromatic rings. The molecule has 0 fully saturated rings. The number of urea groups is 1. The zero-order chi connectivity index (χ0) is 22.5. The van der Waals surface area contributed by atoms with Crippen molar-refractivity contribution in [1.82, 2.24) is 20.3 Å². The number of hydrogen-bond acceptors (Lipinski definition) is 6. The van der Waals surface area contributed by atoms with Gasteiger partial charge in [0, 0.05) is 43.9 Å². The fourth-order valence-corrected chi connectivity index (χ4v) is 3.06. The SMILES string of the molecule is Cc1ccc(CNC(=O)Nc2ccc(Oc3ncnc4cc(N(C)C)ccc34)cc2)cn1. The summed E-state index contributed by atoms with van der Waals surface area (Å²) in [4.78, 5) is 27.0. The minimum absolute atomic E-state index is 0.294. The predicted molar refractivity (Wildman–Crippen MR) is 125 cm³/mol. The van der Waals surface area contributed by atoms with E-state index in [2.05, 4.69) is 25.6 Å². The highest BCUT2D eigenvalue weighted by atomic mass is 16.5. The number of pyridine rings is 1. The summed E-state index contributed by atoms with van der Waals surface area (Å²) < 4.78 is 5.97. The molecule has 0 saturated heterocycles. The maximum Gasteiger partial charge on any atom is 0.319 e. The highest BCUT2D eigenvalue weighted by Gasteiger charge is 2.09. The molecule has 4 rings (SSSR count). The van der Waals surface area contributed by atoms with Gasteiger partial charge >= 0.3 is 6.03 Å². The van der Waals surface area contributed by atoms with Crippen LogP contribution in [0.2, 0.25) is 0 Å². The zero-order valence-corrected chi connectivity index (χ0v) is 18.2. The Morgan fingerprint density at radius 3 is 2.53 bits per heavy atom. The summed E-state index contributed by atoms with van der Waals surface area (Å²) in [5, 5.41) is 6.44. The first-order valence-electron chi connectivity index (χ1n) is 10.1. The van der Waals surface area contributed by atoms with Crippen molar-refractivity contribution < 1.29 is 9.53 Å². The molecule has 2 heterocycles. The maximum atomic E-state index is 12.2. The van der Waals surface area contributed by atoms with Gasteiger partial charge in [0.15, 0.2) is 0 Å². The molecule has 8 heteroatoms.